The van der Waals surface area contributed by atoms with Gasteiger partial charge in [-0.1, -0.05) is 0 Å². The predicted octanol–water partition coefficient (Wildman–Crippen LogP) is 1.17. The first-order chi connectivity index (χ1) is 5.30. The Balaban J connectivity index is 4.68. The molecule has 12 heavy (non-hydrogen) atoms. The van der Waals surface area contributed by atoms with Crippen LogP contribution in [-0.4, -0.2) is 24.7 Å². The summed E-state index contributed by atoms with van der Waals surface area (Å²) < 4.78 is 25.3. The molecule has 0 fully saturated rings. The van der Waals surface area contributed by atoms with Gasteiger partial charge in [-0.2, -0.15) is 0 Å². The highest BCUT2D eigenvalue weighted by atomic mass is 35.5. The lowest BCUT2D eigenvalue weighted by Gasteiger charge is -2.34. The van der Waals surface area contributed by atoms with E-state index < -0.39 is 22.9 Å². The zero-order valence-electron chi connectivity index (χ0n) is 6.87. The van der Waals surface area contributed by atoms with Gasteiger partial charge >= 0.3 is 6.09 Å². The smallest absolute Gasteiger partial charge is 0.439 e. The van der Waals surface area contributed by atoms with E-state index in [1.807, 2.05) is 0 Å². The Hall–Kier alpha value is -0.330. The van der Waals surface area contributed by atoms with Crippen LogP contribution < -0.4 is 0 Å². The van der Waals surface area contributed by atoms with E-state index in [9.17, 15) is 13.6 Å². The molecule has 0 aliphatic heterocycles. The van der Waals surface area contributed by atoms with Crippen LogP contribution >= 0.6 is 11.9 Å². The maximum absolute atomic E-state index is 10.8. The molecule has 0 bridgehead atoms. The van der Waals surface area contributed by atoms with E-state index in [1.165, 1.54) is 20.8 Å². The van der Waals surface area contributed by atoms with E-state index in [0.29, 0.717) is 4.31 Å². The molecule has 0 heterocycles. The van der Waals surface area contributed by atoms with Crippen molar-refractivity contribution in [1.82, 2.24) is 4.31 Å². The first kappa shape index (κ1) is 11.7. The van der Waals surface area contributed by atoms with Crippen molar-refractivity contribution >= 4 is 29.2 Å². The average molecular weight is 215 g/mol. The molecule has 1 amide bonds. The number of nitrogens with zero attached hydrogens (tertiary/aromatic N) is 1. The van der Waals surface area contributed by atoms with Crippen LogP contribution in [0.2, 0.25) is 0 Å². The van der Waals surface area contributed by atoms with Crippen LogP contribution in [0.15, 0.2) is 0 Å². The van der Waals surface area contributed by atoms with E-state index >= 15 is 0 Å². The van der Waals surface area contributed by atoms with Crippen LogP contribution in [-0.2, 0) is 15.6 Å². The minimum absolute atomic E-state index is 0.500. The lowest BCUT2D eigenvalue weighted by molar-refractivity contribution is 0.155. The fourth-order valence-electron chi connectivity index (χ4n) is 0.590. The highest BCUT2D eigenvalue weighted by molar-refractivity contribution is 7.77. The number of hydrogen-bond acceptors (Lipinski definition) is 4. The maximum Gasteiger partial charge on any atom is 0.439 e. The van der Waals surface area contributed by atoms with Crippen molar-refractivity contribution in [3.8, 4) is 0 Å². The highest BCUT2D eigenvalue weighted by Gasteiger charge is 2.28. The summed E-state index contributed by atoms with van der Waals surface area (Å²) in [7, 11) is 0. The number of carbonyl (C=O) groups excluding carboxylic acids is 1. The largest absolute Gasteiger partial charge is 0.755 e. The van der Waals surface area contributed by atoms with Gasteiger partial charge in [-0.3, -0.25) is 4.21 Å². The Morgan fingerprint density at radius 3 is 2.08 bits per heavy atom. The molecule has 7 heteroatoms. The summed E-state index contributed by atoms with van der Waals surface area (Å²) in [5, 5.41) is 0. The molecular formula is C5H9ClNO4S-. The van der Waals surface area contributed by atoms with E-state index in [-0.39, 0.29) is 0 Å². The lowest BCUT2D eigenvalue weighted by atomic mass is 10.1. The Bertz CT molecular complexity index is 202. The van der Waals surface area contributed by atoms with Crippen molar-refractivity contribution in [2.24, 2.45) is 0 Å². The summed E-state index contributed by atoms with van der Waals surface area (Å²) in [6, 6.07) is 0. The topological polar surface area (TPSA) is 69.7 Å². The standard InChI is InChI=1S/C5H10ClNO4S/c1-5(2,3)7(12(9)10)4(8)11-6/h1-3H3,(H,9,10)/p-1. The van der Waals surface area contributed by atoms with E-state index in [4.69, 9.17) is 11.9 Å². The molecule has 0 aliphatic carbocycles. The van der Waals surface area contributed by atoms with Crippen LogP contribution in [0, 0.1) is 0 Å². The number of amides is 1. The first-order valence-electron chi connectivity index (χ1n) is 3.03. The second-order valence-electron chi connectivity index (χ2n) is 3.03. The van der Waals surface area contributed by atoms with Crippen molar-refractivity contribution in [3.05, 3.63) is 0 Å². The van der Waals surface area contributed by atoms with Gasteiger partial charge in [0.15, 0.2) is 0 Å². The molecule has 0 aliphatic rings. The Morgan fingerprint density at radius 2 is 2.00 bits per heavy atom. The van der Waals surface area contributed by atoms with E-state index in [1.54, 1.807) is 0 Å². The molecule has 1 atom stereocenters. The first-order valence-corrected chi connectivity index (χ1v) is 4.37. The summed E-state index contributed by atoms with van der Waals surface area (Å²) in [4.78, 5) is 10.8. The summed E-state index contributed by atoms with van der Waals surface area (Å²) in [6.07, 6.45) is -1.11. The maximum atomic E-state index is 10.8. The summed E-state index contributed by atoms with van der Waals surface area (Å²) >= 11 is 2.05. The zero-order valence-corrected chi connectivity index (χ0v) is 8.44. The molecule has 0 N–H and O–H groups in total. The number of hydrogen-bond donors (Lipinski definition) is 0. The van der Waals surface area contributed by atoms with Crippen molar-refractivity contribution in [2.75, 3.05) is 0 Å². The Labute approximate surface area is 78.2 Å². The van der Waals surface area contributed by atoms with Crippen LogP contribution in [0.5, 0.6) is 0 Å². The summed E-state index contributed by atoms with van der Waals surface area (Å²) in [5.41, 5.74) is -0.876. The van der Waals surface area contributed by atoms with Crippen molar-refractivity contribution in [3.63, 3.8) is 0 Å². The molecule has 0 aromatic rings. The average Bonchev–Trinajstić information content (AvgIpc) is 1.83. The van der Waals surface area contributed by atoms with E-state index in [2.05, 4.69) is 4.29 Å². The second-order valence-corrected chi connectivity index (χ2v) is 3.98. The molecule has 0 saturated carbocycles. The quantitative estimate of drug-likeness (QED) is 0.615. The van der Waals surface area contributed by atoms with Crippen LogP contribution in [0.1, 0.15) is 20.8 Å². The molecule has 0 spiro atoms. The highest BCUT2D eigenvalue weighted by Crippen LogP contribution is 2.16. The van der Waals surface area contributed by atoms with Gasteiger partial charge in [0.2, 0.25) is 0 Å². The molecule has 0 aromatic carbocycles. The summed E-state index contributed by atoms with van der Waals surface area (Å²) in [6.45, 7) is 4.61. The number of carbonyl (C=O) groups is 1. The van der Waals surface area contributed by atoms with Gasteiger partial charge in [0.1, 0.15) is 11.9 Å². The van der Waals surface area contributed by atoms with Gasteiger partial charge < -0.3 is 8.84 Å². The molecule has 72 valence electrons. The minimum atomic E-state index is -2.68. The lowest BCUT2D eigenvalue weighted by Crippen LogP contribution is -2.46. The minimum Gasteiger partial charge on any atom is -0.755 e. The molecule has 0 radical (unpaired) electrons. The molecule has 0 saturated heterocycles. The van der Waals surface area contributed by atoms with Gasteiger partial charge in [-0.15, -0.1) is 0 Å². The normalized spacial score (nSPS) is 13.8. The van der Waals surface area contributed by atoms with Crippen molar-refractivity contribution in [1.29, 1.82) is 0 Å². The van der Waals surface area contributed by atoms with Gasteiger partial charge in [-0.25, -0.2) is 9.10 Å². The van der Waals surface area contributed by atoms with Crippen molar-refractivity contribution in [2.45, 2.75) is 26.3 Å². The third-order valence-corrected chi connectivity index (χ3v) is 2.12. The van der Waals surface area contributed by atoms with Gasteiger partial charge in [0, 0.05) is 0 Å². The van der Waals surface area contributed by atoms with Crippen LogP contribution in [0.4, 0.5) is 4.79 Å². The van der Waals surface area contributed by atoms with Crippen LogP contribution in [0.25, 0.3) is 0 Å². The van der Waals surface area contributed by atoms with Gasteiger partial charge in [-0.05, 0) is 20.8 Å². The van der Waals surface area contributed by atoms with Gasteiger partial charge in [0.05, 0.1) is 16.8 Å². The third kappa shape index (κ3) is 2.96. The number of rotatable bonds is 1. The Morgan fingerprint density at radius 1 is 1.58 bits per heavy atom. The monoisotopic (exact) mass is 214 g/mol. The second kappa shape index (κ2) is 4.06. The molecule has 0 aromatic heterocycles. The SMILES string of the molecule is CC(C)(C)N(C(=O)OCl)S(=O)[O-]. The fraction of sp³-hybridized carbons (Fsp3) is 0.800. The third-order valence-electron chi connectivity index (χ3n) is 0.990. The molecule has 5 nitrogen and oxygen atoms in total. The Kier molecular flexibility index (Phi) is 3.95. The van der Waals surface area contributed by atoms with Gasteiger partial charge in [0.25, 0.3) is 0 Å². The van der Waals surface area contributed by atoms with Crippen LogP contribution in [0.3, 0.4) is 0 Å². The fourth-order valence-corrected chi connectivity index (χ4v) is 1.31. The summed E-state index contributed by atoms with van der Waals surface area (Å²) in [5.74, 6) is 0. The number of halogens is 1. The zero-order chi connectivity index (χ0) is 9.94. The molecule has 0 rings (SSSR count). The molecule has 1 unspecified atom stereocenters. The van der Waals surface area contributed by atoms with Crippen molar-refractivity contribution < 1.29 is 17.8 Å². The molecular weight excluding hydrogens is 206 g/mol. The van der Waals surface area contributed by atoms with E-state index in [0.717, 1.165) is 0 Å². The predicted molar refractivity (Wildman–Crippen MR) is 42.8 cm³/mol.